The van der Waals surface area contributed by atoms with Crippen LogP contribution in [0.15, 0.2) is 69.1 Å². The summed E-state index contributed by atoms with van der Waals surface area (Å²) < 4.78 is 6.72. The molecule has 7 heteroatoms. The summed E-state index contributed by atoms with van der Waals surface area (Å²) in [6.45, 7) is 4.00. The zero-order chi connectivity index (χ0) is 22.1. The third-order valence-corrected chi connectivity index (χ3v) is 5.66. The van der Waals surface area contributed by atoms with Crippen molar-refractivity contribution in [1.29, 1.82) is 0 Å². The molecule has 1 aromatic heterocycles. The lowest BCUT2D eigenvalue weighted by molar-refractivity contribution is -0.122. The number of carbonyl (C=O) groups excluding carboxylic acids is 3. The lowest BCUT2D eigenvalue weighted by Crippen LogP contribution is -2.54. The number of halogens is 1. The van der Waals surface area contributed by atoms with E-state index < -0.39 is 17.8 Å². The molecule has 0 saturated carbocycles. The number of carbonyl (C=O) groups is 3. The van der Waals surface area contributed by atoms with Crippen molar-refractivity contribution >= 4 is 45.5 Å². The number of amides is 4. The van der Waals surface area contributed by atoms with Crippen molar-refractivity contribution in [1.82, 2.24) is 5.32 Å². The van der Waals surface area contributed by atoms with E-state index >= 15 is 0 Å². The van der Waals surface area contributed by atoms with Crippen molar-refractivity contribution in [3.63, 3.8) is 0 Å². The average Bonchev–Trinajstić information content (AvgIpc) is 3.20. The van der Waals surface area contributed by atoms with E-state index in [4.69, 9.17) is 4.42 Å². The van der Waals surface area contributed by atoms with Gasteiger partial charge in [-0.2, -0.15) is 0 Å². The minimum absolute atomic E-state index is 0.178. The number of benzene rings is 2. The molecule has 1 fully saturated rings. The van der Waals surface area contributed by atoms with Crippen LogP contribution in [0.3, 0.4) is 0 Å². The normalized spacial score (nSPS) is 15.5. The highest BCUT2D eigenvalue weighted by atomic mass is 79.9. The van der Waals surface area contributed by atoms with Crippen LogP contribution in [0.1, 0.15) is 23.8 Å². The molecule has 2 aromatic carbocycles. The molecule has 1 aliphatic rings. The second-order valence-corrected chi connectivity index (χ2v) is 8.02. The number of rotatable bonds is 4. The fourth-order valence-electron chi connectivity index (χ4n) is 3.31. The first-order chi connectivity index (χ1) is 14.9. The third kappa shape index (κ3) is 4.09. The van der Waals surface area contributed by atoms with Gasteiger partial charge in [-0.15, -0.1) is 0 Å². The molecule has 0 radical (unpaired) electrons. The monoisotopic (exact) mass is 478 g/mol. The zero-order valence-electron chi connectivity index (χ0n) is 16.9. The highest BCUT2D eigenvalue weighted by molar-refractivity contribution is 9.10. The Kier molecular flexibility index (Phi) is 5.61. The number of anilines is 1. The van der Waals surface area contributed by atoms with Gasteiger partial charge in [-0.1, -0.05) is 41.1 Å². The van der Waals surface area contributed by atoms with E-state index in [1.807, 2.05) is 44.2 Å². The van der Waals surface area contributed by atoms with Gasteiger partial charge in [-0.25, -0.2) is 9.69 Å². The number of nitrogens with zero attached hydrogens (tertiary/aromatic N) is 1. The SMILES string of the molecule is CCc1ccc(N2C(=O)NC(=O)/C(=C\c3ccc(-c4ccc(C)cc4Br)o3)C2=O)cc1. The number of aryl methyl sites for hydroxylation is 2. The Labute approximate surface area is 187 Å². The van der Waals surface area contributed by atoms with Gasteiger partial charge in [-0.05, 0) is 66.9 Å². The molecule has 0 atom stereocenters. The molecule has 0 spiro atoms. The predicted octanol–water partition coefficient (Wildman–Crippen LogP) is 5.25. The highest BCUT2D eigenvalue weighted by Gasteiger charge is 2.37. The molecule has 31 heavy (non-hydrogen) atoms. The molecular formula is C24H19BrN2O4. The molecule has 156 valence electrons. The molecule has 1 N–H and O–H groups in total. The summed E-state index contributed by atoms with van der Waals surface area (Å²) >= 11 is 3.52. The van der Waals surface area contributed by atoms with Crippen molar-refractivity contribution in [3.05, 3.63) is 81.5 Å². The maximum absolute atomic E-state index is 13.0. The molecule has 3 aromatic rings. The number of barbiturate groups is 1. The number of hydrogen-bond donors (Lipinski definition) is 1. The first-order valence-electron chi connectivity index (χ1n) is 9.74. The van der Waals surface area contributed by atoms with E-state index in [0.717, 1.165) is 32.5 Å². The van der Waals surface area contributed by atoms with E-state index in [9.17, 15) is 14.4 Å². The average molecular weight is 479 g/mol. The lowest BCUT2D eigenvalue weighted by atomic mass is 10.1. The standard InChI is InChI=1S/C24H19BrN2O4/c1-3-15-5-7-16(8-6-15)27-23(29)19(22(28)26-24(27)30)13-17-9-11-21(31-17)18-10-4-14(2)12-20(18)25/h4-13H,3H2,1-2H3,(H,26,28,30)/b19-13+. The van der Waals surface area contributed by atoms with Crippen LogP contribution in [0, 0.1) is 6.92 Å². The first-order valence-corrected chi connectivity index (χ1v) is 10.5. The van der Waals surface area contributed by atoms with Crippen LogP contribution in [0.5, 0.6) is 0 Å². The van der Waals surface area contributed by atoms with E-state index in [1.165, 1.54) is 6.08 Å². The van der Waals surface area contributed by atoms with E-state index in [1.54, 1.807) is 24.3 Å². The number of nitrogens with one attached hydrogen (secondary N) is 1. The second-order valence-electron chi connectivity index (χ2n) is 7.16. The van der Waals surface area contributed by atoms with Crippen molar-refractivity contribution in [2.45, 2.75) is 20.3 Å². The Bertz CT molecular complexity index is 1220. The lowest BCUT2D eigenvalue weighted by Gasteiger charge is -2.26. The van der Waals surface area contributed by atoms with Gasteiger partial charge < -0.3 is 4.42 Å². The van der Waals surface area contributed by atoms with Crippen molar-refractivity contribution < 1.29 is 18.8 Å². The summed E-state index contributed by atoms with van der Waals surface area (Å²) in [6.07, 6.45) is 2.19. The van der Waals surface area contributed by atoms with Crippen LogP contribution >= 0.6 is 15.9 Å². The molecule has 0 bridgehead atoms. The second kappa shape index (κ2) is 8.35. The maximum Gasteiger partial charge on any atom is 0.335 e. The third-order valence-electron chi connectivity index (χ3n) is 5.01. The van der Waals surface area contributed by atoms with Gasteiger partial charge in [0.05, 0.1) is 5.69 Å². The largest absolute Gasteiger partial charge is 0.457 e. The molecule has 4 rings (SSSR count). The summed E-state index contributed by atoms with van der Waals surface area (Å²) in [5.41, 5.74) is 3.24. The first kappa shape index (κ1) is 20.8. The van der Waals surface area contributed by atoms with Gasteiger partial charge in [0, 0.05) is 10.0 Å². The fraction of sp³-hybridized carbons (Fsp3) is 0.125. The van der Waals surface area contributed by atoms with Crippen molar-refractivity contribution in [2.24, 2.45) is 0 Å². The highest BCUT2D eigenvalue weighted by Crippen LogP contribution is 2.31. The number of furan rings is 1. The molecule has 0 aliphatic carbocycles. The van der Waals surface area contributed by atoms with Gasteiger partial charge in [0.25, 0.3) is 11.8 Å². The van der Waals surface area contributed by atoms with E-state index in [-0.39, 0.29) is 5.57 Å². The maximum atomic E-state index is 13.0. The summed E-state index contributed by atoms with van der Waals surface area (Å²) in [6, 6.07) is 15.6. The van der Waals surface area contributed by atoms with Gasteiger partial charge in [0.15, 0.2) is 0 Å². The summed E-state index contributed by atoms with van der Waals surface area (Å²) in [5, 5.41) is 2.22. The van der Waals surface area contributed by atoms with Gasteiger partial charge in [-0.3, -0.25) is 14.9 Å². The van der Waals surface area contributed by atoms with Crippen LogP contribution in [-0.2, 0) is 16.0 Å². The molecule has 1 aliphatic heterocycles. The van der Waals surface area contributed by atoms with Crippen LogP contribution in [0.4, 0.5) is 10.5 Å². The van der Waals surface area contributed by atoms with Crippen LogP contribution in [0.25, 0.3) is 17.4 Å². The summed E-state index contributed by atoms with van der Waals surface area (Å²) in [7, 11) is 0. The topological polar surface area (TPSA) is 79.6 Å². The van der Waals surface area contributed by atoms with E-state index in [2.05, 4.69) is 21.2 Å². The van der Waals surface area contributed by atoms with Gasteiger partial charge >= 0.3 is 6.03 Å². The van der Waals surface area contributed by atoms with Crippen LogP contribution < -0.4 is 10.2 Å². The minimum Gasteiger partial charge on any atom is -0.457 e. The molecule has 4 amide bonds. The number of urea groups is 1. The predicted molar refractivity (Wildman–Crippen MR) is 121 cm³/mol. The Balaban J connectivity index is 1.66. The van der Waals surface area contributed by atoms with E-state index in [0.29, 0.717) is 17.2 Å². The number of hydrogen-bond acceptors (Lipinski definition) is 4. The van der Waals surface area contributed by atoms with Crippen LogP contribution in [0.2, 0.25) is 0 Å². The van der Waals surface area contributed by atoms with Gasteiger partial charge in [0.1, 0.15) is 17.1 Å². The Morgan fingerprint density at radius 3 is 2.45 bits per heavy atom. The fourth-order valence-corrected chi connectivity index (χ4v) is 4.00. The van der Waals surface area contributed by atoms with Crippen molar-refractivity contribution in [3.8, 4) is 11.3 Å². The number of imide groups is 2. The minimum atomic E-state index is -0.778. The molecule has 6 nitrogen and oxygen atoms in total. The smallest absolute Gasteiger partial charge is 0.335 e. The quantitative estimate of drug-likeness (QED) is 0.410. The Hall–Kier alpha value is -3.45. The molecule has 2 heterocycles. The summed E-state index contributed by atoms with van der Waals surface area (Å²) in [4.78, 5) is 38.7. The molecular weight excluding hydrogens is 460 g/mol. The molecule has 1 saturated heterocycles. The van der Waals surface area contributed by atoms with Gasteiger partial charge in [0.2, 0.25) is 0 Å². The zero-order valence-corrected chi connectivity index (χ0v) is 18.5. The van der Waals surface area contributed by atoms with Crippen LogP contribution in [-0.4, -0.2) is 17.8 Å². The van der Waals surface area contributed by atoms with Crippen molar-refractivity contribution in [2.75, 3.05) is 4.90 Å². The Morgan fingerprint density at radius 2 is 1.77 bits per heavy atom. The summed E-state index contributed by atoms with van der Waals surface area (Å²) in [5.74, 6) is -0.541. The molecule has 0 unspecified atom stereocenters. The Morgan fingerprint density at radius 1 is 1.03 bits per heavy atom.